The van der Waals surface area contributed by atoms with Crippen molar-refractivity contribution in [2.24, 2.45) is 7.05 Å². The predicted octanol–water partition coefficient (Wildman–Crippen LogP) is 1.74. The third-order valence-electron chi connectivity index (χ3n) is 2.69. The fourth-order valence-electron chi connectivity index (χ4n) is 1.58. The molecule has 0 saturated carbocycles. The van der Waals surface area contributed by atoms with Crippen molar-refractivity contribution in [1.82, 2.24) is 9.55 Å². The first-order chi connectivity index (χ1) is 9.88. The molecule has 0 unspecified atom stereocenters. The van der Waals surface area contributed by atoms with Gasteiger partial charge in [-0.25, -0.2) is 9.59 Å². The molecule has 0 spiro atoms. The molecule has 1 aromatic carbocycles. The lowest BCUT2D eigenvalue weighted by molar-refractivity contribution is 0.0469. The monoisotopic (exact) mass is 328 g/mol. The molecule has 1 aromatic heterocycles. The molecule has 0 aliphatic rings. The fraction of sp³-hybridized carbons (Fsp3) is 0.154. The number of ether oxygens (including phenoxy) is 1. The smallest absolute Gasteiger partial charge is 0.345 e. The normalized spacial score (nSPS) is 10.4. The van der Waals surface area contributed by atoms with Crippen molar-refractivity contribution < 1.29 is 9.53 Å². The van der Waals surface area contributed by atoms with E-state index >= 15 is 0 Å². The average Bonchev–Trinajstić information content (AvgIpc) is 2.43. The standard InChI is InChI=1S/C13H10Cl2N2O4/c1-17-5-9(11(18)16-13(17)20)12(19)21-6-7-4-8(14)2-3-10(7)15/h2-5H,6H2,1H3,(H,16,18,20). The summed E-state index contributed by atoms with van der Waals surface area (Å²) in [5.41, 5.74) is -1.18. The molecule has 0 radical (unpaired) electrons. The minimum atomic E-state index is -0.858. The Morgan fingerprint density at radius 3 is 2.76 bits per heavy atom. The highest BCUT2D eigenvalue weighted by atomic mass is 35.5. The Bertz CT molecular complexity index is 811. The van der Waals surface area contributed by atoms with Crippen molar-refractivity contribution in [3.63, 3.8) is 0 Å². The molecule has 0 aliphatic carbocycles. The summed E-state index contributed by atoms with van der Waals surface area (Å²) >= 11 is 11.8. The Kier molecular flexibility index (Phi) is 4.50. The summed E-state index contributed by atoms with van der Waals surface area (Å²) in [5.74, 6) is -0.858. The van der Waals surface area contributed by atoms with Gasteiger partial charge in [0.2, 0.25) is 0 Å². The second-order valence-electron chi connectivity index (χ2n) is 4.22. The van der Waals surface area contributed by atoms with Crippen molar-refractivity contribution in [3.05, 3.63) is 66.4 Å². The van der Waals surface area contributed by atoms with Gasteiger partial charge in [0.05, 0.1) is 0 Å². The highest BCUT2D eigenvalue weighted by Gasteiger charge is 2.14. The van der Waals surface area contributed by atoms with Crippen LogP contribution in [0.25, 0.3) is 0 Å². The van der Waals surface area contributed by atoms with Crippen LogP contribution in [-0.2, 0) is 18.4 Å². The molecule has 2 aromatic rings. The van der Waals surface area contributed by atoms with Crippen molar-refractivity contribution in [3.8, 4) is 0 Å². The van der Waals surface area contributed by atoms with Crippen LogP contribution in [0, 0.1) is 0 Å². The van der Waals surface area contributed by atoms with Crippen LogP contribution in [0.2, 0.25) is 10.0 Å². The summed E-state index contributed by atoms with van der Waals surface area (Å²) in [4.78, 5) is 36.6. The number of aromatic nitrogens is 2. The molecule has 110 valence electrons. The van der Waals surface area contributed by atoms with E-state index in [1.807, 2.05) is 4.98 Å². The van der Waals surface area contributed by atoms with Gasteiger partial charge < -0.3 is 9.30 Å². The lowest BCUT2D eigenvalue weighted by Crippen LogP contribution is -2.32. The number of halogens is 2. The summed E-state index contributed by atoms with van der Waals surface area (Å²) in [7, 11) is 1.41. The number of carbonyl (C=O) groups is 1. The number of nitrogens with zero attached hydrogens (tertiary/aromatic N) is 1. The number of nitrogens with one attached hydrogen (secondary N) is 1. The van der Waals surface area contributed by atoms with Gasteiger partial charge in [0, 0.05) is 28.9 Å². The maximum Gasteiger partial charge on any atom is 0.345 e. The highest BCUT2D eigenvalue weighted by molar-refractivity contribution is 6.33. The molecule has 21 heavy (non-hydrogen) atoms. The highest BCUT2D eigenvalue weighted by Crippen LogP contribution is 2.21. The molecule has 0 aliphatic heterocycles. The Hall–Kier alpha value is -2.05. The molecular formula is C13H10Cl2N2O4. The number of hydrogen-bond donors (Lipinski definition) is 1. The molecule has 0 amide bonds. The summed E-state index contributed by atoms with van der Waals surface area (Å²) in [5, 5.41) is 0.840. The predicted molar refractivity (Wildman–Crippen MR) is 77.9 cm³/mol. The third kappa shape index (κ3) is 3.53. The molecule has 0 saturated heterocycles. The summed E-state index contributed by atoms with van der Waals surface area (Å²) in [6.07, 6.45) is 1.11. The molecule has 0 atom stereocenters. The van der Waals surface area contributed by atoms with Crippen LogP contribution in [0.15, 0.2) is 34.0 Å². The van der Waals surface area contributed by atoms with Gasteiger partial charge in [-0.05, 0) is 18.2 Å². The van der Waals surface area contributed by atoms with Crippen molar-refractivity contribution >= 4 is 29.2 Å². The average molecular weight is 329 g/mol. The Balaban J connectivity index is 2.19. The van der Waals surface area contributed by atoms with Crippen LogP contribution >= 0.6 is 23.2 Å². The third-order valence-corrected chi connectivity index (χ3v) is 3.30. The number of rotatable bonds is 3. The fourth-order valence-corrected chi connectivity index (χ4v) is 1.95. The van der Waals surface area contributed by atoms with E-state index in [0.717, 1.165) is 10.8 Å². The quantitative estimate of drug-likeness (QED) is 0.870. The number of aromatic amines is 1. The van der Waals surface area contributed by atoms with Crippen molar-refractivity contribution in [1.29, 1.82) is 0 Å². The van der Waals surface area contributed by atoms with Gasteiger partial charge in [0.25, 0.3) is 5.56 Å². The number of hydrogen-bond acceptors (Lipinski definition) is 4. The molecule has 2 rings (SSSR count). The van der Waals surface area contributed by atoms with E-state index in [9.17, 15) is 14.4 Å². The first-order valence-electron chi connectivity index (χ1n) is 5.79. The maximum absolute atomic E-state index is 11.9. The van der Waals surface area contributed by atoms with Crippen LogP contribution in [0.4, 0.5) is 0 Å². The first kappa shape index (κ1) is 15.3. The zero-order valence-electron chi connectivity index (χ0n) is 10.9. The lowest BCUT2D eigenvalue weighted by atomic mass is 10.2. The van der Waals surface area contributed by atoms with Crippen LogP contribution in [0.1, 0.15) is 15.9 Å². The van der Waals surface area contributed by atoms with E-state index in [2.05, 4.69) is 0 Å². The second kappa shape index (κ2) is 6.15. The Morgan fingerprint density at radius 2 is 2.05 bits per heavy atom. The first-order valence-corrected chi connectivity index (χ1v) is 6.55. The minimum absolute atomic E-state index is 0.138. The molecule has 1 heterocycles. The van der Waals surface area contributed by atoms with E-state index in [1.54, 1.807) is 18.2 Å². The topological polar surface area (TPSA) is 81.2 Å². The SMILES string of the molecule is Cn1cc(C(=O)OCc2cc(Cl)ccc2Cl)c(=O)[nH]c1=O. The second-order valence-corrected chi connectivity index (χ2v) is 5.07. The van der Waals surface area contributed by atoms with Gasteiger partial charge >= 0.3 is 11.7 Å². The maximum atomic E-state index is 11.9. The molecule has 0 bridgehead atoms. The van der Waals surface area contributed by atoms with E-state index in [4.69, 9.17) is 27.9 Å². The number of H-pyrrole nitrogens is 1. The van der Waals surface area contributed by atoms with Gasteiger partial charge in [0.15, 0.2) is 0 Å². The summed E-state index contributed by atoms with van der Waals surface area (Å²) in [6.45, 7) is -0.138. The van der Waals surface area contributed by atoms with Gasteiger partial charge in [-0.3, -0.25) is 9.78 Å². The summed E-state index contributed by atoms with van der Waals surface area (Å²) < 4.78 is 6.08. The zero-order chi connectivity index (χ0) is 15.6. The van der Waals surface area contributed by atoms with Crippen LogP contribution in [0.5, 0.6) is 0 Å². The van der Waals surface area contributed by atoms with Gasteiger partial charge in [0.1, 0.15) is 12.2 Å². The number of carbonyl (C=O) groups excluding carboxylic acids is 1. The minimum Gasteiger partial charge on any atom is -0.457 e. The van der Waals surface area contributed by atoms with E-state index in [0.29, 0.717) is 15.6 Å². The molecule has 1 N–H and O–H groups in total. The van der Waals surface area contributed by atoms with Gasteiger partial charge in [-0.15, -0.1) is 0 Å². The van der Waals surface area contributed by atoms with Crippen molar-refractivity contribution in [2.45, 2.75) is 6.61 Å². The van der Waals surface area contributed by atoms with E-state index in [1.165, 1.54) is 7.05 Å². The Labute approximate surface area is 128 Å². The Morgan fingerprint density at radius 1 is 1.33 bits per heavy atom. The van der Waals surface area contributed by atoms with E-state index < -0.39 is 17.2 Å². The van der Waals surface area contributed by atoms with Gasteiger partial charge in [-0.2, -0.15) is 0 Å². The summed E-state index contributed by atoms with van der Waals surface area (Å²) in [6, 6.07) is 4.74. The zero-order valence-corrected chi connectivity index (χ0v) is 12.4. The molecule has 0 fully saturated rings. The largest absolute Gasteiger partial charge is 0.457 e. The number of benzene rings is 1. The van der Waals surface area contributed by atoms with Crippen LogP contribution in [0.3, 0.4) is 0 Å². The number of esters is 1. The lowest BCUT2D eigenvalue weighted by Gasteiger charge is -2.07. The molecular weight excluding hydrogens is 319 g/mol. The molecule has 8 heteroatoms. The number of aryl methyl sites for hydroxylation is 1. The molecule has 6 nitrogen and oxygen atoms in total. The van der Waals surface area contributed by atoms with Gasteiger partial charge in [-0.1, -0.05) is 23.2 Å². The van der Waals surface area contributed by atoms with E-state index in [-0.39, 0.29) is 12.2 Å². The van der Waals surface area contributed by atoms with Crippen LogP contribution in [-0.4, -0.2) is 15.5 Å². The van der Waals surface area contributed by atoms with Crippen molar-refractivity contribution in [2.75, 3.05) is 0 Å². The van der Waals surface area contributed by atoms with Crippen LogP contribution < -0.4 is 11.2 Å².